The molecule has 0 radical (unpaired) electrons. The monoisotopic (exact) mass is 268 g/mol. The van der Waals surface area contributed by atoms with Crippen molar-refractivity contribution in [2.24, 2.45) is 5.73 Å². The molecule has 0 aliphatic heterocycles. The van der Waals surface area contributed by atoms with Crippen LogP contribution in [0.5, 0.6) is 0 Å². The lowest BCUT2D eigenvalue weighted by atomic mass is 10.1. The number of hydrogen-bond acceptors (Lipinski definition) is 3. The summed E-state index contributed by atoms with van der Waals surface area (Å²) in [7, 11) is 0. The van der Waals surface area contributed by atoms with Gasteiger partial charge in [0.15, 0.2) is 0 Å². The lowest BCUT2D eigenvalue weighted by Crippen LogP contribution is -2.29. The van der Waals surface area contributed by atoms with Gasteiger partial charge in [0.1, 0.15) is 6.04 Å². The number of carbonyl (C=O) groups is 2. The molecule has 19 heavy (non-hydrogen) atoms. The number of carboxylic acids is 2. The highest BCUT2D eigenvalue weighted by Gasteiger charge is 2.10. The van der Waals surface area contributed by atoms with E-state index >= 15 is 0 Å². The minimum absolute atomic E-state index is 0.119. The van der Waals surface area contributed by atoms with Crippen LogP contribution < -0.4 is 5.73 Å². The predicted octanol–water partition coefficient (Wildman–Crippen LogP) is 1.09. The molecule has 6 heteroatoms. The van der Waals surface area contributed by atoms with E-state index in [9.17, 15) is 9.59 Å². The summed E-state index contributed by atoms with van der Waals surface area (Å²) < 4.78 is 2.01. The molecule has 1 atom stereocenters. The van der Waals surface area contributed by atoms with Gasteiger partial charge in [0.05, 0.1) is 6.42 Å². The third-order valence-corrected chi connectivity index (χ3v) is 3.00. The summed E-state index contributed by atoms with van der Waals surface area (Å²) in [6.45, 7) is 0.758. The third-order valence-electron chi connectivity index (χ3n) is 3.00. The SMILES string of the molecule is NC(CCCCn1cccc1CCC(=O)O)C(=O)O. The summed E-state index contributed by atoms with van der Waals surface area (Å²) in [5, 5.41) is 17.3. The smallest absolute Gasteiger partial charge is 0.320 e. The van der Waals surface area contributed by atoms with E-state index in [1.165, 1.54) is 0 Å². The van der Waals surface area contributed by atoms with Crippen LogP contribution >= 0.6 is 0 Å². The molecule has 4 N–H and O–H groups in total. The average molecular weight is 268 g/mol. The van der Waals surface area contributed by atoms with Crippen LogP contribution in [0.25, 0.3) is 0 Å². The molecule has 0 spiro atoms. The normalized spacial score (nSPS) is 12.3. The van der Waals surface area contributed by atoms with E-state index in [0.717, 1.165) is 25.1 Å². The molecule has 106 valence electrons. The van der Waals surface area contributed by atoms with Crippen LogP contribution in [0, 0.1) is 0 Å². The molecule has 1 rings (SSSR count). The van der Waals surface area contributed by atoms with Gasteiger partial charge in [0.2, 0.25) is 0 Å². The zero-order valence-corrected chi connectivity index (χ0v) is 10.8. The number of hydrogen-bond donors (Lipinski definition) is 3. The van der Waals surface area contributed by atoms with E-state index < -0.39 is 18.0 Å². The summed E-state index contributed by atoms with van der Waals surface area (Å²) in [6, 6.07) is 3.00. The second-order valence-corrected chi connectivity index (χ2v) is 4.53. The number of unbranched alkanes of at least 4 members (excludes halogenated alkanes) is 1. The molecule has 1 heterocycles. The molecule has 0 fully saturated rings. The lowest BCUT2D eigenvalue weighted by molar-refractivity contribution is -0.139. The maximum atomic E-state index is 10.5. The van der Waals surface area contributed by atoms with Crippen LogP contribution in [0.3, 0.4) is 0 Å². The molecule has 0 aliphatic carbocycles. The van der Waals surface area contributed by atoms with Crippen LogP contribution in [0.1, 0.15) is 31.4 Å². The van der Waals surface area contributed by atoms with Crippen LogP contribution in [-0.2, 0) is 22.6 Å². The molecule has 0 saturated heterocycles. The maximum Gasteiger partial charge on any atom is 0.320 e. The van der Waals surface area contributed by atoms with E-state index in [1.807, 2.05) is 22.9 Å². The quantitative estimate of drug-likeness (QED) is 0.581. The van der Waals surface area contributed by atoms with Crippen molar-refractivity contribution >= 4 is 11.9 Å². The Hall–Kier alpha value is -1.82. The number of nitrogens with two attached hydrogens (primary N) is 1. The van der Waals surface area contributed by atoms with Crippen LogP contribution in [0.2, 0.25) is 0 Å². The number of aryl methyl sites for hydroxylation is 2. The van der Waals surface area contributed by atoms with Crippen molar-refractivity contribution in [2.75, 3.05) is 0 Å². The Morgan fingerprint density at radius 2 is 2.05 bits per heavy atom. The minimum atomic E-state index is -0.969. The standard InChI is InChI=1S/C13H20N2O4/c14-11(13(18)19)5-1-2-8-15-9-3-4-10(15)6-7-12(16)17/h3-4,9,11H,1-2,5-8,14H2,(H,16,17)(H,18,19). The van der Waals surface area contributed by atoms with Crippen molar-refractivity contribution in [1.29, 1.82) is 0 Å². The van der Waals surface area contributed by atoms with Crippen LogP contribution in [0.4, 0.5) is 0 Å². The van der Waals surface area contributed by atoms with Gasteiger partial charge >= 0.3 is 11.9 Å². The van der Waals surface area contributed by atoms with Crippen molar-refractivity contribution in [3.8, 4) is 0 Å². The third kappa shape index (κ3) is 5.56. The number of aromatic nitrogens is 1. The summed E-state index contributed by atoms with van der Waals surface area (Å²) >= 11 is 0. The molecule has 6 nitrogen and oxygen atoms in total. The fourth-order valence-electron chi connectivity index (χ4n) is 1.90. The van der Waals surface area contributed by atoms with Gasteiger partial charge in [0, 0.05) is 18.4 Å². The van der Waals surface area contributed by atoms with Crippen molar-refractivity contribution in [3.63, 3.8) is 0 Å². The zero-order valence-electron chi connectivity index (χ0n) is 10.8. The van der Waals surface area contributed by atoms with Crippen LogP contribution in [0.15, 0.2) is 18.3 Å². The number of rotatable bonds is 9. The Balaban J connectivity index is 2.31. The summed E-state index contributed by atoms with van der Waals surface area (Å²) in [5.74, 6) is -1.77. The predicted molar refractivity (Wildman–Crippen MR) is 69.9 cm³/mol. The molecule has 1 unspecified atom stereocenters. The Morgan fingerprint density at radius 3 is 2.68 bits per heavy atom. The first-order chi connectivity index (χ1) is 9.00. The largest absolute Gasteiger partial charge is 0.481 e. The van der Waals surface area contributed by atoms with Gasteiger partial charge in [-0.05, 0) is 37.8 Å². The Labute approximate surface area is 111 Å². The fourth-order valence-corrected chi connectivity index (χ4v) is 1.90. The molecule has 1 aromatic rings. The molecule has 0 amide bonds. The van der Waals surface area contributed by atoms with Gasteiger partial charge in [-0.15, -0.1) is 0 Å². The summed E-state index contributed by atoms with van der Waals surface area (Å²) in [6.07, 6.45) is 4.57. The lowest BCUT2D eigenvalue weighted by Gasteiger charge is -2.09. The molecule has 0 aliphatic rings. The second kappa shape index (κ2) is 7.58. The Kier molecular flexibility index (Phi) is 6.08. The summed E-state index contributed by atoms with van der Waals surface area (Å²) in [5.41, 5.74) is 6.41. The molecule has 0 saturated carbocycles. The van der Waals surface area contributed by atoms with Gasteiger partial charge in [-0.1, -0.05) is 0 Å². The van der Waals surface area contributed by atoms with E-state index in [1.54, 1.807) is 0 Å². The van der Waals surface area contributed by atoms with E-state index in [4.69, 9.17) is 15.9 Å². The average Bonchev–Trinajstić information content (AvgIpc) is 2.79. The van der Waals surface area contributed by atoms with Gasteiger partial charge in [-0.25, -0.2) is 0 Å². The first-order valence-electron chi connectivity index (χ1n) is 6.35. The number of carboxylic acid groups (broad SMARTS) is 2. The maximum absolute atomic E-state index is 10.5. The van der Waals surface area contributed by atoms with Crippen molar-refractivity contribution < 1.29 is 19.8 Å². The van der Waals surface area contributed by atoms with Crippen molar-refractivity contribution in [1.82, 2.24) is 4.57 Å². The molecular weight excluding hydrogens is 248 g/mol. The van der Waals surface area contributed by atoms with Gasteiger partial charge in [-0.3, -0.25) is 9.59 Å². The topological polar surface area (TPSA) is 106 Å². The van der Waals surface area contributed by atoms with Crippen molar-refractivity contribution in [2.45, 2.75) is 44.7 Å². The minimum Gasteiger partial charge on any atom is -0.481 e. The van der Waals surface area contributed by atoms with E-state index in [0.29, 0.717) is 12.8 Å². The van der Waals surface area contributed by atoms with Gasteiger partial charge < -0.3 is 20.5 Å². The highest BCUT2D eigenvalue weighted by atomic mass is 16.4. The van der Waals surface area contributed by atoms with Gasteiger partial charge in [-0.2, -0.15) is 0 Å². The fraction of sp³-hybridized carbons (Fsp3) is 0.538. The molecule has 0 aromatic carbocycles. The first-order valence-corrected chi connectivity index (χ1v) is 6.35. The first kappa shape index (κ1) is 15.2. The summed E-state index contributed by atoms with van der Waals surface area (Å²) in [4.78, 5) is 21.1. The Morgan fingerprint density at radius 1 is 1.32 bits per heavy atom. The second-order valence-electron chi connectivity index (χ2n) is 4.53. The Bertz CT molecular complexity index is 428. The highest BCUT2D eigenvalue weighted by molar-refractivity contribution is 5.72. The number of aliphatic carboxylic acids is 2. The van der Waals surface area contributed by atoms with Crippen molar-refractivity contribution in [3.05, 3.63) is 24.0 Å². The van der Waals surface area contributed by atoms with Gasteiger partial charge in [0.25, 0.3) is 0 Å². The molecular formula is C13H20N2O4. The number of nitrogens with zero attached hydrogens (tertiary/aromatic N) is 1. The van der Waals surface area contributed by atoms with E-state index in [-0.39, 0.29) is 6.42 Å². The molecule has 0 bridgehead atoms. The van der Waals surface area contributed by atoms with Crippen LogP contribution in [-0.4, -0.2) is 32.8 Å². The molecule has 1 aromatic heterocycles. The highest BCUT2D eigenvalue weighted by Crippen LogP contribution is 2.09. The van der Waals surface area contributed by atoms with E-state index in [2.05, 4.69) is 0 Å². The zero-order chi connectivity index (χ0) is 14.3.